The summed E-state index contributed by atoms with van der Waals surface area (Å²) in [5.74, 6) is 0.736. The fourth-order valence-electron chi connectivity index (χ4n) is 1.71. The van der Waals surface area contributed by atoms with Gasteiger partial charge in [0.05, 0.1) is 18.3 Å². The average Bonchev–Trinajstić information content (AvgIpc) is 2.84. The van der Waals surface area contributed by atoms with E-state index >= 15 is 0 Å². The number of rotatable bonds is 3. The van der Waals surface area contributed by atoms with Crippen LogP contribution in [-0.2, 0) is 11.3 Å². The predicted octanol–water partition coefficient (Wildman–Crippen LogP) is 0.351. The average molecular weight is 209 g/mol. The van der Waals surface area contributed by atoms with Crippen LogP contribution in [0.25, 0.3) is 0 Å². The summed E-state index contributed by atoms with van der Waals surface area (Å²) in [6.07, 6.45) is 1.99. The first-order valence-electron chi connectivity index (χ1n) is 5.19. The van der Waals surface area contributed by atoms with Crippen LogP contribution in [0.15, 0.2) is 10.6 Å². The molecule has 2 heterocycles. The molecule has 0 aromatic carbocycles. The molecule has 2 N–H and O–H groups in total. The zero-order valence-electron chi connectivity index (χ0n) is 8.75. The molecule has 1 fully saturated rings. The van der Waals surface area contributed by atoms with Crippen LogP contribution >= 0.6 is 0 Å². The molecule has 1 aromatic heterocycles. The number of carbonyl (C=O) groups is 1. The van der Waals surface area contributed by atoms with Crippen LogP contribution in [0.3, 0.4) is 0 Å². The number of carbonyl (C=O) groups excluding carboxylic acids is 1. The Morgan fingerprint density at radius 2 is 2.67 bits per heavy atom. The molecule has 1 amide bonds. The standard InChI is InChI=1S/C10H15N3O2/c1-7-5-8(15-13-7)6-12-10(14)9-3-2-4-11-9/h5,9,11H,2-4,6H2,1H3,(H,12,14)/t9-/m0/s1. The molecule has 0 unspecified atom stereocenters. The van der Waals surface area contributed by atoms with Crippen LogP contribution in [0.1, 0.15) is 24.3 Å². The number of nitrogens with zero attached hydrogens (tertiary/aromatic N) is 1. The molecule has 82 valence electrons. The monoisotopic (exact) mass is 209 g/mol. The van der Waals surface area contributed by atoms with Crippen LogP contribution in [0.5, 0.6) is 0 Å². The quantitative estimate of drug-likeness (QED) is 0.754. The van der Waals surface area contributed by atoms with Gasteiger partial charge in [-0.1, -0.05) is 5.16 Å². The van der Waals surface area contributed by atoms with E-state index in [9.17, 15) is 4.79 Å². The first kappa shape index (κ1) is 10.2. The highest BCUT2D eigenvalue weighted by atomic mass is 16.5. The molecule has 1 aliphatic rings. The van der Waals surface area contributed by atoms with Gasteiger partial charge in [-0.05, 0) is 26.3 Å². The second kappa shape index (κ2) is 4.44. The Morgan fingerprint density at radius 1 is 1.80 bits per heavy atom. The van der Waals surface area contributed by atoms with Crippen LogP contribution in [-0.4, -0.2) is 23.7 Å². The van der Waals surface area contributed by atoms with Crippen LogP contribution < -0.4 is 10.6 Å². The van der Waals surface area contributed by atoms with E-state index in [1.54, 1.807) is 0 Å². The third-order valence-corrected chi connectivity index (χ3v) is 2.49. The van der Waals surface area contributed by atoms with E-state index in [0.29, 0.717) is 12.3 Å². The minimum Gasteiger partial charge on any atom is -0.359 e. The second-order valence-corrected chi connectivity index (χ2v) is 3.80. The van der Waals surface area contributed by atoms with Gasteiger partial charge in [0.15, 0.2) is 5.76 Å². The van der Waals surface area contributed by atoms with Crippen molar-refractivity contribution in [2.24, 2.45) is 0 Å². The lowest BCUT2D eigenvalue weighted by Crippen LogP contribution is -2.39. The van der Waals surface area contributed by atoms with E-state index < -0.39 is 0 Å². The molecule has 5 heteroatoms. The molecule has 0 radical (unpaired) electrons. The first-order valence-corrected chi connectivity index (χ1v) is 5.19. The second-order valence-electron chi connectivity index (χ2n) is 3.80. The Balaban J connectivity index is 1.80. The molecule has 5 nitrogen and oxygen atoms in total. The molecule has 0 saturated carbocycles. The predicted molar refractivity (Wildman–Crippen MR) is 54.1 cm³/mol. The van der Waals surface area contributed by atoms with Crippen molar-refractivity contribution in [2.45, 2.75) is 32.4 Å². The Hall–Kier alpha value is -1.36. The van der Waals surface area contributed by atoms with Gasteiger partial charge in [0.1, 0.15) is 0 Å². The molecule has 0 spiro atoms. The number of nitrogens with one attached hydrogen (secondary N) is 2. The number of aromatic nitrogens is 1. The summed E-state index contributed by atoms with van der Waals surface area (Å²) in [6.45, 7) is 3.20. The molecule has 0 aliphatic carbocycles. The summed E-state index contributed by atoms with van der Waals surface area (Å²) in [4.78, 5) is 11.6. The summed E-state index contributed by atoms with van der Waals surface area (Å²) in [5.41, 5.74) is 0.832. The highest BCUT2D eigenvalue weighted by molar-refractivity contribution is 5.81. The van der Waals surface area contributed by atoms with Gasteiger partial charge in [-0.2, -0.15) is 0 Å². The third kappa shape index (κ3) is 2.56. The Kier molecular flexibility index (Phi) is 3.01. The third-order valence-electron chi connectivity index (χ3n) is 2.49. The minimum atomic E-state index is -0.0333. The van der Waals surface area contributed by atoms with Crippen molar-refractivity contribution in [3.63, 3.8) is 0 Å². The Morgan fingerprint density at radius 3 is 3.27 bits per heavy atom. The summed E-state index contributed by atoms with van der Waals surface area (Å²) in [7, 11) is 0. The van der Waals surface area contributed by atoms with Crippen molar-refractivity contribution in [3.8, 4) is 0 Å². The number of hydrogen-bond acceptors (Lipinski definition) is 4. The summed E-state index contributed by atoms with van der Waals surface area (Å²) >= 11 is 0. The number of hydrogen-bond donors (Lipinski definition) is 2. The number of aryl methyl sites for hydroxylation is 1. The lowest BCUT2D eigenvalue weighted by molar-refractivity contribution is -0.123. The van der Waals surface area contributed by atoms with Gasteiger partial charge < -0.3 is 15.2 Å². The molecule has 1 saturated heterocycles. The van der Waals surface area contributed by atoms with Gasteiger partial charge in [0, 0.05) is 6.07 Å². The Bertz CT molecular complexity index is 342. The first-order chi connectivity index (χ1) is 7.25. The number of amides is 1. The van der Waals surface area contributed by atoms with E-state index in [1.165, 1.54) is 0 Å². The highest BCUT2D eigenvalue weighted by Gasteiger charge is 2.21. The molecule has 0 bridgehead atoms. The summed E-state index contributed by atoms with van der Waals surface area (Å²) in [6, 6.07) is 1.79. The van der Waals surface area contributed by atoms with Gasteiger partial charge in [-0.25, -0.2) is 0 Å². The van der Waals surface area contributed by atoms with Crippen molar-refractivity contribution in [1.29, 1.82) is 0 Å². The molecule has 1 atom stereocenters. The fraction of sp³-hybridized carbons (Fsp3) is 0.600. The van der Waals surface area contributed by atoms with E-state index in [4.69, 9.17) is 4.52 Å². The van der Waals surface area contributed by atoms with Crippen molar-refractivity contribution < 1.29 is 9.32 Å². The summed E-state index contributed by atoms with van der Waals surface area (Å²) in [5, 5.41) is 9.71. The van der Waals surface area contributed by atoms with Gasteiger partial charge >= 0.3 is 0 Å². The van der Waals surface area contributed by atoms with Crippen molar-refractivity contribution >= 4 is 5.91 Å². The van der Waals surface area contributed by atoms with Gasteiger partial charge in [0.25, 0.3) is 0 Å². The zero-order chi connectivity index (χ0) is 10.7. The van der Waals surface area contributed by atoms with Gasteiger partial charge in [-0.3, -0.25) is 4.79 Å². The minimum absolute atomic E-state index is 0.0333. The molecular formula is C10H15N3O2. The van der Waals surface area contributed by atoms with Crippen LogP contribution in [0.2, 0.25) is 0 Å². The van der Waals surface area contributed by atoms with Gasteiger partial charge in [-0.15, -0.1) is 0 Å². The SMILES string of the molecule is Cc1cc(CNC(=O)[C@@H]2CCCN2)on1. The fourth-order valence-corrected chi connectivity index (χ4v) is 1.71. The summed E-state index contributed by atoms with van der Waals surface area (Å²) < 4.78 is 4.99. The van der Waals surface area contributed by atoms with Crippen LogP contribution in [0, 0.1) is 6.92 Å². The Labute approximate surface area is 88.2 Å². The van der Waals surface area contributed by atoms with E-state index in [1.807, 2.05) is 13.0 Å². The van der Waals surface area contributed by atoms with Crippen LogP contribution in [0.4, 0.5) is 0 Å². The maximum absolute atomic E-state index is 11.6. The molecule has 1 aliphatic heterocycles. The molecule has 1 aromatic rings. The zero-order valence-corrected chi connectivity index (χ0v) is 8.75. The van der Waals surface area contributed by atoms with E-state index in [-0.39, 0.29) is 11.9 Å². The van der Waals surface area contributed by atoms with Crippen molar-refractivity contribution in [1.82, 2.24) is 15.8 Å². The van der Waals surface area contributed by atoms with E-state index in [2.05, 4.69) is 15.8 Å². The maximum Gasteiger partial charge on any atom is 0.237 e. The smallest absolute Gasteiger partial charge is 0.237 e. The highest BCUT2D eigenvalue weighted by Crippen LogP contribution is 2.06. The molecular weight excluding hydrogens is 194 g/mol. The van der Waals surface area contributed by atoms with Gasteiger partial charge in [0.2, 0.25) is 5.91 Å². The maximum atomic E-state index is 11.6. The lowest BCUT2D eigenvalue weighted by atomic mass is 10.2. The lowest BCUT2D eigenvalue weighted by Gasteiger charge is -2.09. The molecule has 15 heavy (non-hydrogen) atoms. The van der Waals surface area contributed by atoms with Crippen molar-refractivity contribution in [3.05, 3.63) is 17.5 Å². The topological polar surface area (TPSA) is 67.2 Å². The normalized spacial score (nSPS) is 20.5. The largest absolute Gasteiger partial charge is 0.359 e. The van der Waals surface area contributed by atoms with E-state index in [0.717, 1.165) is 25.1 Å². The van der Waals surface area contributed by atoms with Crippen molar-refractivity contribution in [2.75, 3.05) is 6.54 Å². The molecule has 2 rings (SSSR count).